The summed E-state index contributed by atoms with van der Waals surface area (Å²) < 4.78 is 0. The van der Waals surface area contributed by atoms with Crippen LogP contribution in [0, 0.1) is 6.92 Å². The Kier molecular flexibility index (Phi) is 3.39. The lowest BCUT2D eigenvalue weighted by molar-refractivity contribution is -0.138. The molecule has 1 rings (SSSR count). The Balaban J connectivity index is 2.44. The second-order valence-electron chi connectivity index (χ2n) is 2.91. The lowest BCUT2D eigenvalue weighted by atomic mass is 10.4. The maximum atomic E-state index is 10.4. The fraction of sp³-hybridized carbons (Fsp3) is 0.500. The maximum Gasteiger partial charge on any atom is 0.317 e. The van der Waals surface area contributed by atoms with Gasteiger partial charge in [-0.2, -0.15) is 0 Å². The number of hydrogen-bond donors (Lipinski definition) is 1. The topological polar surface area (TPSA) is 53.4 Å². The van der Waals surface area contributed by atoms with Gasteiger partial charge in [-0.05, 0) is 14.0 Å². The second kappa shape index (κ2) is 4.34. The van der Waals surface area contributed by atoms with Gasteiger partial charge in [0.2, 0.25) is 0 Å². The number of hydrogen-bond acceptors (Lipinski definition) is 4. The summed E-state index contributed by atoms with van der Waals surface area (Å²) >= 11 is 1.60. The smallest absolute Gasteiger partial charge is 0.317 e. The standard InChI is InChI=1S/C8H12N2O2S/c1-6-9-3-7(13-6)4-10(2)5-8(11)12/h3H,4-5H2,1-2H3,(H,11,12). The predicted octanol–water partition coefficient (Wildman–Crippen LogP) is 0.968. The molecule has 0 saturated carbocycles. The minimum Gasteiger partial charge on any atom is -0.480 e. The van der Waals surface area contributed by atoms with Gasteiger partial charge in [-0.1, -0.05) is 0 Å². The normalized spacial score (nSPS) is 10.7. The zero-order valence-electron chi connectivity index (χ0n) is 7.65. The largest absolute Gasteiger partial charge is 0.480 e. The summed E-state index contributed by atoms with van der Waals surface area (Å²) in [5.74, 6) is -0.802. The molecule has 5 heteroatoms. The van der Waals surface area contributed by atoms with Gasteiger partial charge < -0.3 is 5.11 Å². The molecule has 0 radical (unpaired) electrons. The highest BCUT2D eigenvalue weighted by Gasteiger charge is 2.06. The first-order valence-electron chi connectivity index (χ1n) is 3.89. The number of likely N-dealkylation sites (N-methyl/N-ethyl adjacent to an activating group) is 1. The number of carboxylic acids is 1. The third-order valence-corrected chi connectivity index (χ3v) is 2.40. The van der Waals surface area contributed by atoms with E-state index in [1.807, 2.05) is 6.92 Å². The maximum absolute atomic E-state index is 10.4. The van der Waals surface area contributed by atoms with Gasteiger partial charge >= 0.3 is 5.97 Å². The fourth-order valence-electron chi connectivity index (χ4n) is 1.03. The zero-order chi connectivity index (χ0) is 9.84. The molecule has 4 nitrogen and oxygen atoms in total. The molecule has 1 aromatic heterocycles. The van der Waals surface area contributed by atoms with Crippen LogP contribution in [0.3, 0.4) is 0 Å². The Morgan fingerprint density at radius 2 is 2.46 bits per heavy atom. The molecule has 1 aromatic rings. The van der Waals surface area contributed by atoms with Gasteiger partial charge in [0, 0.05) is 17.6 Å². The lowest BCUT2D eigenvalue weighted by Crippen LogP contribution is -2.24. The van der Waals surface area contributed by atoms with Crippen molar-refractivity contribution in [2.24, 2.45) is 0 Å². The third kappa shape index (κ3) is 3.52. The molecule has 0 aromatic carbocycles. The monoisotopic (exact) mass is 200 g/mol. The van der Waals surface area contributed by atoms with Crippen LogP contribution >= 0.6 is 11.3 Å². The molecule has 0 atom stereocenters. The molecule has 1 heterocycles. The van der Waals surface area contributed by atoms with Crippen LogP contribution in [0.2, 0.25) is 0 Å². The van der Waals surface area contributed by atoms with E-state index in [9.17, 15) is 4.79 Å². The number of thiazole rings is 1. The number of nitrogens with zero attached hydrogens (tertiary/aromatic N) is 2. The van der Waals surface area contributed by atoms with Crippen molar-refractivity contribution in [2.75, 3.05) is 13.6 Å². The molecular weight excluding hydrogens is 188 g/mol. The minimum atomic E-state index is -0.802. The third-order valence-electron chi connectivity index (χ3n) is 1.50. The molecule has 13 heavy (non-hydrogen) atoms. The van der Waals surface area contributed by atoms with E-state index in [4.69, 9.17) is 5.11 Å². The molecule has 0 aliphatic heterocycles. The van der Waals surface area contributed by atoms with E-state index in [1.54, 1.807) is 29.5 Å². The molecule has 1 N–H and O–H groups in total. The van der Waals surface area contributed by atoms with Crippen molar-refractivity contribution in [3.8, 4) is 0 Å². The molecule has 0 saturated heterocycles. The summed E-state index contributed by atoms with van der Waals surface area (Å²) in [4.78, 5) is 17.3. The van der Waals surface area contributed by atoms with Gasteiger partial charge in [-0.3, -0.25) is 9.69 Å². The second-order valence-corrected chi connectivity index (χ2v) is 4.23. The van der Waals surface area contributed by atoms with Gasteiger partial charge in [0.1, 0.15) is 0 Å². The summed E-state index contributed by atoms with van der Waals surface area (Å²) in [6, 6.07) is 0. The number of carbonyl (C=O) groups is 1. The van der Waals surface area contributed by atoms with Gasteiger partial charge in [-0.25, -0.2) is 4.98 Å². The van der Waals surface area contributed by atoms with Gasteiger partial charge in [-0.15, -0.1) is 11.3 Å². The van der Waals surface area contributed by atoms with E-state index in [1.165, 1.54) is 0 Å². The summed E-state index contributed by atoms with van der Waals surface area (Å²) in [5, 5.41) is 9.53. The first-order chi connectivity index (χ1) is 6.08. The van der Waals surface area contributed by atoms with E-state index < -0.39 is 5.97 Å². The Bertz CT molecular complexity index is 298. The highest BCUT2D eigenvalue weighted by molar-refractivity contribution is 7.11. The number of aromatic nitrogens is 1. The quantitative estimate of drug-likeness (QED) is 0.786. The van der Waals surface area contributed by atoms with Crippen LogP contribution in [-0.2, 0) is 11.3 Å². The van der Waals surface area contributed by atoms with Crippen molar-refractivity contribution in [2.45, 2.75) is 13.5 Å². The molecule has 0 aliphatic rings. The molecule has 0 aliphatic carbocycles. The SMILES string of the molecule is Cc1ncc(CN(C)CC(=O)O)s1. The first kappa shape index (κ1) is 10.1. The summed E-state index contributed by atoms with van der Waals surface area (Å²) in [6.07, 6.45) is 1.79. The summed E-state index contributed by atoms with van der Waals surface area (Å²) in [5.41, 5.74) is 0. The number of aliphatic carboxylic acids is 1. The summed E-state index contributed by atoms with van der Waals surface area (Å²) in [6.45, 7) is 2.65. The van der Waals surface area contributed by atoms with E-state index in [0.29, 0.717) is 6.54 Å². The van der Waals surface area contributed by atoms with E-state index in [-0.39, 0.29) is 6.54 Å². The first-order valence-corrected chi connectivity index (χ1v) is 4.71. The average Bonchev–Trinajstić information content (AvgIpc) is 2.33. The predicted molar refractivity (Wildman–Crippen MR) is 50.8 cm³/mol. The van der Waals surface area contributed by atoms with Crippen LogP contribution in [0.1, 0.15) is 9.88 Å². The zero-order valence-corrected chi connectivity index (χ0v) is 8.47. The molecule has 0 unspecified atom stereocenters. The fourth-order valence-corrected chi connectivity index (χ4v) is 1.91. The van der Waals surface area contributed by atoms with Crippen LogP contribution in [-0.4, -0.2) is 34.6 Å². The Hall–Kier alpha value is -0.940. The van der Waals surface area contributed by atoms with Gasteiger partial charge in [0.25, 0.3) is 0 Å². The van der Waals surface area contributed by atoms with Crippen LogP contribution in [0.15, 0.2) is 6.20 Å². The van der Waals surface area contributed by atoms with E-state index >= 15 is 0 Å². The molecule has 0 amide bonds. The molecule has 0 fully saturated rings. The number of rotatable bonds is 4. The average molecular weight is 200 g/mol. The molecule has 72 valence electrons. The Morgan fingerprint density at radius 3 is 2.92 bits per heavy atom. The summed E-state index contributed by atoms with van der Waals surface area (Å²) in [7, 11) is 1.78. The van der Waals surface area contributed by atoms with Crippen LogP contribution < -0.4 is 0 Å². The van der Waals surface area contributed by atoms with Crippen molar-refractivity contribution in [1.82, 2.24) is 9.88 Å². The molecular formula is C8H12N2O2S. The number of carboxylic acid groups (broad SMARTS) is 1. The van der Waals surface area contributed by atoms with Crippen molar-refractivity contribution in [3.05, 3.63) is 16.1 Å². The van der Waals surface area contributed by atoms with Crippen molar-refractivity contribution in [1.29, 1.82) is 0 Å². The van der Waals surface area contributed by atoms with Gasteiger partial charge in [0.15, 0.2) is 0 Å². The van der Waals surface area contributed by atoms with Crippen LogP contribution in [0.25, 0.3) is 0 Å². The van der Waals surface area contributed by atoms with E-state index in [0.717, 1.165) is 9.88 Å². The van der Waals surface area contributed by atoms with Crippen LogP contribution in [0.5, 0.6) is 0 Å². The molecule has 0 bridgehead atoms. The highest BCUT2D eigenvalue weighted by atomic mass is 32.1. The van der Waals surface area contributed by atoms with Gasteiger partial charge in [0.05, 0.1) is 11.6 Å². The van der Waals surface area contributed by atoms with Crippen molar-refractivity contribution in [3.63, 3.8) is 0 Å². The Morgan fingerprint density at radius 1 is 1.77 bits per heavy atom. The lowest BCUT2D eigenvalue weighted by Gasteiger charge is -2.11. The highest BCUT2D eigenvalue weighted by Crippen LogP contribution is 2.12. The van der Waals surface area contributed by atoms with Crippen LogP contribution in [0.4, 0.5) is 0 Å². The van der Waals surface area contributed by atoms with E-state index in [2.05, 4.69) is 4.98 Å². The number of aryl methyl sites for hydroxylation is 1. The minimum absolute atomic E-state index is 0.0664. The van der Waals surface area contributed by atoms with Crippen molar-refractivity contribution < 1.29 is 9.90 Å². The molecule has 0 spiro atoms. The Labute approximate surface area is 80.8 Å². The van der Waals surface area contributed by atoms with Crippen molar-refractivity contribution >= 4 is 17.3 Å².